The zero-order valence-corrected chi connectivity index (χ0v) is 18.5. The highest BCUT2D eigenvalue weighted by Gasteiger charge is 2.25. The van der Waals surface area contributed by atoms with E-state index in [9.17, 15) is 9.59 Å². The lowest BCUT2D eigenvalue weighted by molar-refractivity contribution is -0.128. The highest BCUT2D eigenvalue weighted by Crippen LogP contribution is 2.36. The number of hydrogen-bond acceptors (Lipinski definition) is 5. The average Bonchev–Trinajstić information content (AvgIpc) is 2.85. The fourth-order valence-electron chi connectivity index (χ4n) is 4.33. The van der Waals surface area contributed by atoms with Crippen LogP contribution in [0.4, 0.5) is 0 Å². The number of likely N-dealkylation sites (tertiary alicyclic amines) is 1. The molecular formula is C21H29N3O2S2. The molecule has 0 aromatic carbocycles. The van der Waals surface area contributed by atoms with Crippen molar-refractivity contribution in [1.29, 1.82) is 0 Å². The van der Waals surface area contributed by atoms with Crippen LogP contribution < -0.4 is 5.56 Å². The van der Waals surface area contributed by atoms with Gasteiger partial charge in [-0.2, -0.15) is 0 Å². The standard InChI is InChI=1S/C21H29N3O2S2/c1-3-24-20(26)18-15-9-8-14(2)12-16(15)28-19(18)22-21(24)27-13-17(25)23-10-6-4-5-7-11-23/h14H,3-13H2,1-2H3/t14-/m0/s1. The summed E-state index contributed by atoms with van der Waals surface area (Å²) >= 11 is 3.11. The molecule has 7 heteroatoms. The summed E-state index contributed by atoms with van der Waals surface area (Å²) in [5.74, 6) is 1.21. The number of fused-ring (bicyclic) bond motifs is 3. The minimum Gasteiger partial charge on any atom is -0.342 e. The number of aryl methyl sites for hydroxylation is 1. The van der Waals surface area contributed by atoms with Gasteiger partial charge >= 0.3 is 0 Å². The molecule has 2 aliphatic rings. The third-order valence-corrected chi connectivity index (χ3v) is 8.09. The van der Waals surface area contributed by atoms with Crippen LogP contribution in [0.2, 0.25) is 0 Å². The Hall–Kier alpha value is -1.34. The van der Waals surface area contributed by atoms with Gasteiger partial charge in [-0.15, -0.1) is 11.3 Å². The molecule has 0 bridgehead atoms. The number of hydrogen-bond donors (Lipinski definition) is 0. The molecule has 2 aromatic heterocycles. The van der Waals surface area contributed by atoms with Crippen molar-refractivity contribution in [2.24, 2.45) is 5.92 Å². The van der Waals surface area contributed by atoms with E-state index in [0.717, 1.165) is 55.4 Å². The minimum atomic E-state index is 0.0734. The molecule has 1 aliphatic carbocycles. The fourth-order valence-corrected chi connectivity index (χ4v) is 6.72. The summed E-state index contributed by atoms with van der Waals surface area (Å²) in [4.78, 5) is 34.9. The molecule has 1 aliphatic heterocycles. The van der Waals surface area contributed by atoms with E-state index in [1.165, 1.54) is 35.0 Å². The number of thiophene rings is 1. The SMILES string of the molecule is CCn1c(SCC(=O)N2CCCCCC2)nc2sc3c(c2c1=O)CC[C@H](C)C3. The Bertz CT molecular complexity index is 926. The second-order valence-electron chi connectivity index (χ2n) is 8.06. The van der Waals surface area contributed by atoms with Crippen molar-refractivity contribution in [1.82, 2.24) is 14.5 Å². The zero-order chi connectivity index (χ0) is 19.7. The van der Waals surface area contributed by atoms with Crippen LogP contribution in [-0.2, 0) is 24.2 Å². The van der Waals surface area contributed by atoms with Crippen LogP contribution in [0.15, 0.2) is 9.95 Å². The molecule has 28 heavy (non-hydrogen) atoms. The summed E-state index contributed by atoms with van der Waals surface area (Å²) in [5, 5.41) is 1.52. The molecule has 0 unspecified atom stereocenters. The number of nitrogens with zero attached hydrogens (tertiary/aromatic N) is 3. The van der Waals surface area contributed by atoms with Gasteiger partial charge in [-0.1, -0.05) is 31.5 Å². The topological polar surface area (TPSA) is 55.2 Å². The van der Waals surface area contributed by atoms with E-state index in [1.54, 1.807) is 15.9 Å². The summed E-state index contributed by atoms with van der Waals surface area (Å²) in [6, 6.07) is 0. The molecule has 1 saturated heterocycles. The normalized spacial score (nSPS) is 20.2. The Labute approximate surface area is 174 Å². The lowest BCUT2D eigenvalue weighted by atomic mass is 9.89. The van der Waals surface area contributed by atoms with Crippen LogP contribution in [0, 0.1) is 5.92 Å². The molecule has 1 atom stereocenters. The smallest absolute Gasteiger partial charge is 0.263 e. The molecular weight excluding hydrogens is 390 g/mol. The van der Waals surface area contributed by atoms with Crippen LogP contribution in [0.1, 0.15) is 56.4 Å². The molecule has 1 fully saturated rings. The Morgan fingerprint density at radius 1 is 1.25 bits per heavy atom. The predicted octanol–water partition coefficient (Wildman–Crippen LogP) is 4.10. The number of amides is 1. The van der Waals surface area contributed by atoms with Crippen LogP contribution >= 0.6 is 23.1 Å². The van der Waals surface area contributed by atoms with E-state index in [4.69, 9.17) is 4.98 Å². The van der Waals surface area contributed by atoms with Gasteiger partial charge in [0.1, 0.15) is 4.83 Å². The Morgan fingerprint density at radius 2 is 2.00 bits per heavy atom. The number of aromatic nitrogens is 2. The third-order valence-electron chi connectivity index (χ3n) is 5.98. The third kappa shape index (κ3) is 3.88. The van der Waals surface area contributed by atoms with Crippen LogP contribution in [0.5, 0.6) is 0 Å². The second-order valence-corrected chi connectivity index (χ2v) is 10.1. The second kappa shape index (κ2) is 8.57. The van der Waals surface area contributed by atoms with Gasteiger partial charge in [-0.3, -0.25) is 14.2 Å². The van der Waals surface area contributed by atoms with Crippen molar-refractivity contribution in [2.75, 3.05) is 18.8 Å². The van der Waals surface area contributed by atoms with Gasteiger partial charge in [0.25, 0.3) is 5.56 Å². The maximum Gasteiger partial charge on any atom is 0.263 e. The zero-order valence-electron chi connectivity index (χ0n) is 16.8. The number of thioether (sulfide) groups is 1. The van der Waals surface area contributed by atoms with Gasteiger partial charge in [0.15, 0.2) is 5.16 Å². The van der Waals surface area contributed by atoms with E-state index in [-0.39, 0.29) is 11.5 Å². The Balaban J connectivity index is 1.60. The molecule has 0 radical (unpaired) electrons. The van der Waals surface area contributed by atoms with Gasteiger partial charge in [0.05, 0.1) is 11.1 Å². The van der Waals surface area contributed by atoms with E-state index in [1.807, 2.05) is 11.8 Å². The molecule has 1 amide bonds. The summed E-state index contributed by atoms with van der Waals surface area (Å²) in [7, 11) is 0. The van der Waals surface area contributed by atoms with E-state index in [0.29, 0.717) is 23.4 Å². The molecule has 0 N–H and O–H groups in total. The first-order valence-electron chi connectivity index (χ1n) is 10.5. The van der Waals surface area contributed by atoms with Gasteiger partial charge in [0, 0.05) is 24.5 Å². The summed E-state index contributed by atoms with van der Waals surface area (Å²) in [6.45, 7) is 6.57. The van der Waals surface area contributed by atoms with Crippen molar-refractivity contribution in [3.63, 3.8) is 0 Å². The van der Waals surface area contributed by atoms with Gasteiger partial charge < -0.3 is 4.90 Å². The van der Waals surface area contributed by atoms with E-state index >= 15 is 0 Å². The summed E-state index contributed by atoms with van der Waals surface area (Å²) < 4.78 is 1.76. The number of carbonyl (C=O) groups is 1. The van der Waals surface area contributed by atoms with Crippen molar-refractivity contribution in [2.45, 2.75) is 70.5 Å². The Morgan fingerprint density at radius 3 is 2.71 bits per heavy atom. The average molecular weight is 420 g/mol. The lowest BCUT2D eigenvalue weighted by Crippen LogP contribution is -2.33. The highest BCUT2D eigenvalue weighted by molar-refractivity contribution is 7.99. The highest BCUT2D eigenvalue weighted by atomic mass is 32.2. The maximum absolute atomic E-state index is 13.2. The molecule has 5 nitrogen and oxygen atoms in total. The van der Waals surface area contributed by atoms with E-state index < -0.39 is 0 Å². The van der Waals surface area contributed by atoms with Gasteiger partial charge in [-0.05, 0) is 50.5 Å². The van der Waals surface area contributed by atoms with Gasteiger partial charge in [0.2, 0.25) is 5.91 Å². The Kier molecular flexibility index (Phi) is 6.11. The first kappa shape index (κ1) is 20.0. The molecule has 2 aromatic rings. The van der Waals surface area contributed by atoms with Crippen molar-refractivity contribution < 1.29 is 4.79 Å². The summed E-state index contributed by atoms with van der Waals surface area (Å²) in [6.07, 6.45) is 7.80. The monoisotopic (exact) mass is 419 g/mol. The maximum atomic E-state index is 13.2. The van der Waals surface area contributed by atoms with Crippen LogP contribution in [0.3, 0.4) is 0 Å². The van der Waals surface area contributed by atoms with Crippen LogP contribution in [-0.4, -0.2) is 39.2 Å². The summed E-state index contributed by atoms with van der Waals surface area (Å²) in [5.41, 5.74) is 1.30. The van der Waals surface area contributed by atoms with Crippen molar-refractivity contribution >= 4 is 39.2 Å². The molecule has 152 valence electrons. The largest absolute Gasteiger partial charge is 0.342 e. The van der Waals surface area contributed by atoms with Crippen LogP contribution in [0.25, 0.3) is 10.2 Å². The number of rotatable bonds is 4. The molecule has 0 saturated carbocycles. The van der Waals surface area contributed by atoms with Crippen molar-refractivity contribution in [3.8, 4) is 0 Å². The first-order valence-corrected chi connectivity index (χ1v) is 12.3. The number of carbonyl (C=O) groups excluding carboxylic acids is 1. The quantitative estimate of drug-likeness (QED) is 0.553. The van der Waals surface area contributed by atoms with E-state index in [2.05, 4.69) is 6.92 Å². The van der Waals surface area contributed by atoms with Crippen molar-refractivity contribution in [3.05, 3.63) is 20.8 Å². The predicted molar refractivity (Wildman–Crippen MR) is 117 cm³/mol. The lowest BCUT2D eigenvalue weighted by Gasteiger charge is -2.20. The molecule has 4 rings (SSSR count). The molecule has 3 heterocycles. The first-order chi connectivity index (χ1) is 13.6. The van der Waals surface area contributed by atoms with Gasteiger partial charge in [-0.25, -0.2) is 4.98 Å². The fraction of sp³-hybridized carbons (Fsp3) is 0.667. The molecule has 0 spiro atoms. The minimum absolute atomic E-state index is 0.0734.